The molecule has 0 bridgehead atoms. The molecule has 17 heavy (non-hydrogen) atoms. The molecule has 0 aliphatic carbocycles. The van der Waals surface area contributed by atoms with E-state index in [1.807, 2.05) is 0 Å². The van der Waals surface area contributed by atoms with E-state index < -0.39 is 10.0 Å². The predicted molar refractivity (Wildman–Crippen MR) is 64.2 cm³/mol. The van der Waals surface area contributed by atoms with Crippen LogP contribution in [0.1, 0.15) is 5.56 Å². The summed E-state index contributed by atoms with van der Waals surface area (Å²) in [6.07, 6.45) is 1.53. The molecule has 0 saturated heterocycles. The van der Waals surface area contributed by atoms with Gasteiger partial charge in [-0.3, -0.25) is 0 Å². The van der Waals surface area contributed by atoms with Crippen LogP contribution in [-0.4, -0.2) is 33.6 Å². The Morgan fingerprint density at radius 2 is 1.94 bits per heavy atom. The summed E-state index contributed by atoms with van der Waals surface area (Å²) in [6, 6.07) is 5.27. The highest BCUT2D eigenvalue weighted by Crippen LogP contribution is 2.32. The van der Waals surface area contributed by atoms with Gasteiger partial charge in [0.1, 0.15) is 0 Å². The molecule has 0 aromatic heterocycles. The zero-order valence-corrected chi connectivity index (χ0v) is 10.4. The molecule has 0 radical (unpaired) electrons. The van der Waals surface area contributed by atoms with Gasteiger partial charge in [-0.25, -0.2) is 12.7 Å². The van der Waals surface area contributed by atoms with Crippen LogP contribution in [0.2, 0.25) is 0 Å². The molecule has 0 atom stereocenters. The highest BCUT2D eigenvalue weighted by Gasteiger charge is 2.13. The number of ether oxygens (including phenoxy) is 2. The predicted octanol–water partition coefficient (Wildman–Crippen LogP) is 1.28. The van der Waals surface area contributed by atoms with Crippen LogP contribution in [-0.2, 0) is 10.0 Å². The number of hydrogen-bond donors (Lipinski definition) is 0. The fourth-order valence-electron chi connectivity index (χ4n) is 1.30. The average molecular weight is 255 g/mol. The van der Waals surface area contributed by atoms with Gasteiger partial charge < -0.3 is 9.47 Å². The maximum Gasteiger partial charge on any atom is 0.235 e. The maximum absolute atomic E-state index is 11.5. The summed E-state index contributed by atoms with van der Waals surface area (Å²) in [5.41, 5.74) is 0.750. The van der Waals surface area contributed by atoms with E-state index in [1.54, 1.807) is 18.2 Å². The van der Waals surface area contributed by atoms with E-state index in [2.05, 4.69) is 0 Å². The smallest absolute Gasteiger partial charge is 0.235 e. The van der Waals surface area contributed by atoms with Gasteiger partial charge in [0.25, 0.3) is 0 Å². The number of benzene rings is 1. The zero-order valence-electron chi connectivity index (χ0n) is 9.58. The minimum atomic E-state index is -3.33. The van der Waals surface area contributed by atoms with Crippen molar-refractivity contribution in [2.45, 2.75) is 0 Å². The first-order valence-electron chi connectivity index (χ1n) is 4.99. The lowest BCUT2D eigenvalue weighted by Gasteiger charge is -2.06. The second-order valence-electron chi connectivity index (χ2n) is 3.74. The highest BCUT2D eigenvalue weighted by molar-refractivity contribution is 7.92. The van der Waals surface area contributed by atoms with E-state index in [4.69, 9.17) is 9.47 Å². The third-order valence-electron chi connectivity index (χ3n) is 2.34. The first kappa shape index (κ1) is 11.9. The van der Waals surface area contributed by atoms with Crippen LogP contribution < -0.4 is 9.47 Å². The second kappa shape index (κ2) is 4.38. The third-order valence-corrected chi connectivity index (χ3v) is 3.84. The van der Waals surface area contributed by atoms with Crippen molar-refractivity contribution in [2.75, 3.05) is 20.9 Å². The van der Waals surface area contributed by atoms with Gasteiger partial charge >= 0.3 is 0 Å². The Morgan fingerprint density at radius 1 is 1.24 bits per heavy atom. The minimum absolute atomic E-state index is 0.207. The third kappa shape index (κ3) is 2.59. The van der Waals surface area contributed by atoms with Crippen LogP contribution in [0.3, 0.4) is 0 Å². The number of fused-ring (bicyclic) bond motifs is 1. The van der Waals surface area contributed by atoms with E-state index in [9.17, 15) is 8.42 Å². The van der Waals surface area contributed by atoms with Crippen molar-refractivity contribution in [3.05, 3.63) is 29.2 Å². The molecule has 0 saturated carbocycles. The second-order valence-corrected chi connectivity index (χ2v) is 5.78. The van der Waals surface area contributed by atoms with Crippen molar-refractivity contribution in [2.24, 2.45) is 0 Å². The Balaban J connectivity index is 2.23. The molecule has 6 heteroatoms. The molecule has 92 valence electrons. The van der Waals surface area contributed by atoms with Gasteiger partial charge in [-0.1, -0.05) is 6.07 Å². The van der Waals surface area contributed by atoms with Crippen molar-refractivity contribution in [1.82, 2.24) is 4.31 Å². The molecule has 0 N–H and O–H groups in total. The van der Waals surface area contributed by atoms with Gasteiger partial charge in [-0.15, -0.1) is 0 Å². The Kier molecular flexibility index (Phi) is 3.08. The lowest BCUT2D eigenvalue weighted by molar-refractivity contribution is 0.174. The fraction of sp³-hybridized carbons (Fsp3) is 0.273. The zero-order chi connectivity index (χ0) is 12.5. The summed E-state index contributed by atoms with van der Waals surface area (Å²) in [4.78, 5) is 0. The summed E-state index contributed by atoms with van der Waals surface area (Å²) in [5.74, 6) is 1.31. The largest absolute Gasteiger partial charge is 0.454 e. The maximum atomic E-state index is 11.5. The number of sulfonamides is 1. The Morgan fingerprint density at radius 3 is 2.65 bits per heavy atom. The molecule has 1 aromatic rings. The number of nitrogens with zero attached hydrogens (tertiary/aromatic N) is 1. The summed E-state index contributed by atoms with van der Waals surface area (Å²) < 4.78 is 34.6. The van der Waals surface area contributed by atoms with Crippen molar-refractivity contribution < 1.29 is 17.9 Å². The Hall–Kier alpha value is -1.53. The van der Waals surface area contributed by atoms with E-state index in [0.717, 1.165) is 15.3 Å². The van der Waals surface area contributed by atoms with E-state index >= 15 is 0 Å². The van der Waals surface area contributed by atoms with Gasteiger partial charge in [0, 0.05) is 19.5 Å². The highest BCUT2D eigenvalue weighted by atomic mass is 32.2. The topological polar surface area (TPSA) is 55.8 Å². The molecule has 0 spiro atoms. The molecule has 0 fully saturated rings. The van der Waals surface area contributed by atoms with Crippen LogP contribution in [0.25, 0.3) is 6.08 Å². The minimum Gasteiger partial charge on any atom is -0.454 e. The number of rotatable bonds is 3. The summed E-state index contributed by atoms with van der Waals surface area (Å²) in [5, 5.41) is 1.16. The van der Waals surface area contributed by atoms with Gasteiger partial charge in [-0.05, 0) is 23.8 Å². The molecule has 2 rings (SSSR count). The molecule has 0 amide bonds. The van der Waals surface area contributed by atoms with Crippen LogP contribution in [0.5, 0.6) is 11.5 Å². The van der Waals surface area contributed by atoms with Crippen molar-refractivity contribution in [1.29, 1.82) is 0 Å². The molecule has 1 heterocycles. The molecule has 1 aromatic carbocycles. The summed E-state index contributed by atoms with van der Waals surface area (Å²) in [7, 11) is -0.359. The van der Waals surface area contributed by atoms with E-state index in [0.29, 0.717) is 11.5 Å². The fourth-order valence-corrected chi connectivity index (χ4v) is 1.88. The van der Waals surface area contributed by atoms with Crippen LogP contribution in [0, 0.1) is 0 Å². The van der Waals surface area contributed by atoms with E-state index in [-0.39, 0.29) is 6.79 Å². The Bertz CT molecular complexity index is 549. The normalized spacial score (nSPS) is 14.8. The van der Waals surface area contributed by atoms with Crippen LogP contribution >= 0.6 is 0 Å². The van der Waals surface area contributed by atoms with Gasteiger partial charge in [0.2, 0.25) is 16.8 Å². The van der Waals surface area contributed by atoms with Gasteiger partial charge in [-0.2, -0.15) is 0 Å². The van der Waals surface area contributed by atoms with Crippen molar-refractivity contribution >= 4 is 16.1 Å². The molecule has 1 aliphatic rings. The van der Waals surface area contributed by atoms with Crippen LogP contribution in [0.15, 0.2) is 23.6 Å². The standard InChI is InChI=1S/C11H13NO4S/c1-12(2)17(13,14)6-5-9-3-4-10-11(7-9)16-8-15-10/h3-7H,8H2,1-2H3/b6-5+. The van der Waals surface area contributed by atoms with Crippen LogP contribution in [0.4, 0.5) is 0 Å². The molecule has 5 nitrogen and oxygen atoms in total. The lowest BCUT2D eigenvalue weighted by atomic mass is 10.2. The molecule has 1 aliphatic heterocycles. The van der Waals surface area contributed by atoms with Crippen molar-refractivity contribution in [3.8, 4) is 11.5 Å². The quantitative estimate of drug-likeness (QED) is 0.816. The molecular formula is C11H13NO4S. The lowest BCUT2D eigenvalue weighted by Crippen LogP contribution is -2.19. The SMILES string of the molecule is CN(C)S(=O)(=O)/C=C/c1ccc2c(c1)OCO2. The average Bonchev–Trinajstić information content (AvgIpc) is 2.73. The molecule has 0 unspecified atom stereocenters. The summed E-state index contributed by atoms with van der Waals surface area (Å²) in [6.45, 7) is 0.207. The monoisotopic (exact) mass is 255 g/mol. The molecular weight excluding hydrogens is 242 g/mol. The first-order chi connectivity index (χ1) is 7.99. The number of hydrogen-bond acceptors (Lipinski definition) is 4. The van der Waals surface area contributed by atoms with Crippen molar-refractivity contribution in [3.63, 3.8) is 0 Å². The van der Waals surface area contributed by atoms with Gasteiger partial charge in [0.05, 0.1) is 0 Å². The Labute approximate surface area is 100 Å². The van der Waals surface area contributed by atoms with E-state index in [1.165, 1.54) is 20.2 Å². The summed E-state index contributed by atoms with van der Waals surface area (Å²) >= 11 is 0. The van der Waals surface area contributed by atoms with Gasteiger partial charge in [0.15, 0.2) is 11.5 Å². The first-order valence-corrected chi connectivity index (χ1v) is 6.49.